The molecule has 1 aromatic carbocycles. The first kappa shape index (κ1) is 13.5. The first-order valence-corrected chi connectivity index (χ1v) is 8.13. The number of nitrogens with zero attached hydrogens (tertiary/aromatic N) is 6. The number of aryl methyl sites for hydroxylation is 2. The van der Waals surface area contributed by atoms with Crippen LogP contribution in [0.4, 0.5) is 5.69 Å². The second-order valence-corrected chi connectivity index (χ2v) is 6.25. The maximum atomic E-state index is 13.2. The van der Waals surface area contributed by atoms with Gasteiger partial charge in [0.1, 0.15) is 0 Å². The Labute approximate surface area is 138 Å². The van der Waals surface area contributed by atoms with Gasteiger partial charge in [-0.3, -0.25) is 9.48 Å². The number of hydrogen-bond donors (Lipinski definition) is 0. The Bertz CT molecular complexity index is 919. The van der Waals surface area contributed by atoms with Gasteiger partial charge in [-0.1, -0.05) is 23.4 Å². The lowest BCUT2D eigenvalue weighted by molar-refractivity contribution is 0.0979. The van der Waals surface area contributed by atoms with E-state index in [1.54, 1.807) is 11.1 Å². The van der Waals surface area contributed by atoms with Gasteiger partial charge < -0.3 is 4.90 Å². The molecule has 2 aliphatic heterocycles. The van der Waals surface area contributed by atoms with Crippen molar-refractivity contribution in [2.24, 2.45) is 0 Å². The summed E-state index contributed by atoms with van der Waals surface area (Å²) in [5.74, 6) is -0.0704. The number of fused-ring (bicyclic) bond motifs is 3. The lowest BCUT2D eigenvalue weighted by atomic mass is 10.1. The Kier molecular flexibility index (Phi) is 2.82. The molecular weight excluding hydrogens is 304 g/mol. The third kappa shape index (κ3) is 1.97. The van der Waals surface area contributed by atoms with Gasteiger partial charge in [-0.15, -0.1) is 5.10 Å². The van der Waals surface area contributed by atoms with Crippen molar-refractivity contribution in [2.75, 3.05) is 4.90 Å². The van der Waals surface area contributed by atoms with Gasteiger partial charge >= 0.3 is 0 Å². The Morgan fingerprint density at radius 3 is 2.92 bits per heavy atom. The van der Waals surface area contributed by atoms with E-state index in [0.29, 0.717) is 18.8 Å². The summed E-state index contributed by atoms with van der Waals surface area (Å²) < 4.78 is 3.79. The van der Waals surface area contributed by atoms with Crippen molar-refractivity contribution in [3.63, 3.8) is 0 Å². The van der Waals surface area contributed by atoms with Crippen molar-refractivity contribution >= 4 is 11.6 Å². The molecule has 0 saturated carbocycles. The molecule has 0 spiro atoms. The number of para-hydroxylation sites is 1. The molecule has 1 amide bonds. The van der Waals surface area contributed by atoms with Crippen molar-refractivity contribution in [3.8, 4) is 0 Å². The molecule has 7 nitrogen and oxygen atoms in total. The maximum absolute atomic E-state index is 13.2. The van der Waals surface area contributed by atoms with Crippen LogP contribution in [0.3, 0.4) is 0 Å². The molecule has 0 aliphatic carbocycles. The molecule has 0 radical (unpaired) electrons. The van der Waals surface area contributed by atoms with Crippen LogP contribution in [0.5, 0.6) is 0 Å². The van der Waals surface area contributed by atoms with E-state index in [0.717, 1.165) is 42.0 Å². The van der Waals surface area contributed by atoms with Crippen molar-refractivity contribution < 1.29 is 4.79 Å². The largest absolute Gasteiger partial charge is 0.301 e. The summed E-state index contributed by atoms with van der Waals surface area (Å²) in [6, 6.07) is 9.88. The predicted octanol–water partition coefficient (Wildman–Crippen LogP) is 1.63. The Morgan fingerprint density at radius 2 is 2.00 bits per heavy atom. The molecule has 0 saturated heterocycles. The van der Waals surface area contributed by atoms with Gasteiger partial charge in [0.05, 0.1) is 25.0 Å². The highest BCUT2D eigenvalue weighted by molar-refractivity contribution is 6.05. The fourth-order valence-electron chi connectivity index (χ4n) is 3.54. The van der Waals surface area contributed by atoms with Crippen LogP contribution in [0.1, 0.15) is 33.9 Å². The number of rotatable bonds is 1. The Hall–Kier alpha value is -2.96. The zero-order chi connectivity index (χ0) is 16.1. The summed E-state index contributed by atoms with van der Waals surface area (Å²) >= 11 is 0. The number of benzene rings is 1. The molecule has 7 heteroatoms. The Morgan fingerprint density at radius 1 is 1.08 bits per heavy atom. The van der Waals surface area contributed by atoms with Gasteiger partial charge in [-0.2, -0.15) is 5.10 Å². The summed E-state index contributed by atoms with van der Waals surface area (Å²) in [6.45, 7) is 1.97. The maximum Gasteiger partial charge on any atom is 0.279 e. The Balaban J connectivity index is 1.59. The van der Waals surface area contributed by atoms with E-state index in [1.807, 2.05) is 39.7 Å². The normalized spacial score (nSPS) is 15.6. The first-order chi connectivity index (χ1) is 11.8. The van der Waals surface area contributed by atoms with Crippen LogP contribution in [-0.4, -0.2) is 30.7 Å². The van der Waals surface area contributed by atoms with Crippen LogP contribution in [-0.2, 0) is 26.1 Å². The minimum Gasteiger partial charge on any atom is -0.301 e. The number of carbonyl (C=O) groups excluding carboxylic acids is 1. The third-order valence-corrected chi connectivity index (χ3v) is 4.75. The molecule has 0 fully saturated rings. The van der Waals surface area contributed by atoms with Gasteiger partial charge in [0.2, 0.25) is 0 Å². The highest BCUT2D eigenvalue weighted by Crippen LogP contribution is 2.28. The highest BCUT2D eigenvalue weighted by Gasteiger charge is 2.28. The van der Waals surface area contributed by atoms with Crippen LogP contribution >= 0.6 is 0 Å². The molecule has 3 aromatic rings. The summed E-state index contributed by atoms with van der Waals surface area (Å²) in [6.07, 6.45) is 3.82. The summed E-state index contributed by atoms with van der Waals surface area (Å²) in [5.41, 5.74) is 4.56. The lowest BCUT2D eigenvalue weighted by Gasteiger charge is -2.21. The second-order valence-electron chi connectivity index (χ2n) is 6.25. The van der Waals surface area contributed by atoms with Gasteiger partial charge in [-0.05, 0) is 30.5 Å². The molecule has 2 aliphatic rings. The fraction of sp³-hybridized carbons (Fsp3) is 0.294. The first-order valence-electron chi connectivity index (χ1n) is 8.13. The van der Waals surface area contributed by atoms with E-state index in [4.69, 9.17) is 0 Å². The van der Waals surface area contributed by atoms with E-state index in [2.05, 4.69) is 15.4 Å². The predicted molar refractivity (Wildman–Crippen MR) is 86.6 cm³/mol. The molecule has 24 heavy (non-hydrogen) atoms. The number of carbonyl (C=O) groups is 1. The molecule has 4 heterocycles. The average molecular weight is 320 g/mol. The third-order valence-electron chi connectivity index (χ3n) is 4.75. The van der Waals surface area contributed by atoms with E-state index in [1.165, 1.54) is 0 Å². The van der Waals surface area contributed by atoms with Gasteiger partial charge in [-0.25, -0.2) is 4.68 Å². The SMILES string of the molecule is O=C(c1cc2n(n1)CCC2)N1Cc2cnnn2Cc2ccccc21. The quantitative estimate of drug-likeness (QED) is 0.683. The lowest BCUT2D eigenvalue weighted by Crippen LogP contribution is -2.31. The van der Waals surface area contributed by atoms with E-state index < -0.39 is 0 Å². The zero-order valence-electron chi connectivity index (χ0n) is 13.1. The van der Waals surface area contributed by atoms with E-state index in [9.17, 15) is 4.79 Å². The minimum absolute atomic E-state index is 0.0704. The smallest absolute Gasteiger partial charge is 0.279 e. The van der Waals surface area contributed by atoms with Crippen LogP contribution in [0.2, 0.25) is 0 Å². The molecule has 120 valence electrons. The molecule has 0 N–H and O–H groups in total. The van der Waals surface area contributed by atoms with Crippen molar-refractivity contribution in [1.29, 1.82) is 0 Å². The van der Waals surface area contributed by atoms with Crippen molar-refractivity contribution in [2.45, 2.75) is 32.5 Å². The molecule has 0 atom stereocenters. The topological polar surface area (TPSA) is 68.8 Å². The van der Waals surface area contributed by atoms with Gasteiger partial charge in [0.15, 0.2) is 5.69 Å². The number of aromatic nitrogens is 5. The zero-order valence-corrected chi connectivity index (χ0v) is 13.1. The van der Waals surface area contributed by atoms with Crippen LogP contribution in [0.25, 0.3) is 0 Å². The molecule has 5 rings (SSSR count). The number of anilines is 1. The van der Waals surface area contributed by atoms with Crippen LogP contribution in [0.15, 0.2) is 36.5 Å². The van der Waals surface area contributed by atoms with Gasteiger partial charge in [0, 0.05) is 17.9 Å². The monoisotopic (exact) mass is 320 g/mol. The van der Waals surface area contributed by atoms with Crippen molar-refractivity contribution in [3.05, 3.63) is 59.2 Å². The van der Waals surface area contributed by atoms with Crippen LogP contribution in [0, 0.1) is 0 Å². The number of hydrogen-bond acceptors (Lipinski definition) is 4. The second kappa shape index (κ2) is 5.02. The standard InChI is InChI=1S/C17H16N6O/c24-17(15-8-13-5-3-7-22(13)19-15)21-11-14-9-18-20-23(14)10-12-4-1-2-6-16(12)21/h1-2,4,6,8-9H,3,5,7,10-11H2. The highest BCUT2D eigenvalue weighted by atomic mass is 16.2. The van der Waals surface area contributed by atoms with E-state index in [-0.39, 0.29) is 5.91 Å². The molecule has 0 bridgehead atoms. The van der Waals surface area contributed by atoms with Crippen LogP contribution < -0.4 is 4.90 Å². The summed E-state index contributed by atoms with van der Waals surface area (Å²) in [7, 11) is 0. The molecule has 0 unspecified atom stereocenters. The summed E-state index contributed by atoms with van der Waals surface area (Å²) in [4.78, 5) is 14.9. The average Bonchev–Trinajstić information content (AvgIpc) is 3.27. The fourth-order valence-corrected chi connectivity index (χ4v) is 3.54. The molecule has 2 aromatic heterocycles. The van der Waals surface area contributed by atoms with Crippen molar-refractivity contribution in [1.82, 2.24) is 24.8 Å². The minimum atomic E-state index is -0.0704. The number of amides is 1. The van der Waals surface area contributed by atoms with E-state index >= 15 is 0 Å². The summed E-state index contributed by atoms with van der Waals surface area (Å²) in [5, 5.41) is 12.6. The molecular formula is C17H16N6O. The van der Waals surface area contributed by atoms with Gasteiger partial charge in [0.25, 0.3) is 5.91 Å².